The van der Waals surface area contributed by atoms with Gasteiger partial charge in [-0.2, -0.15) is 0 Å². The largest absolute Gasteiger partial charge is 0.349 e. The van der Waals surface area contributed by atoms with Gasteiger partial charge < -0.3 is 9.72 Å². The van der Waals surface area contributed by atoms with E-state index in [-0.39, 0.29) is 17.4 Å². The molecule has 7 nitrogen and oxygen atoms in total. The van der Waals surface area contributed by atoms with Gasteiger partial charge >= 0.3 is 0 Å². The molecule has 9 heteroatoms. The molecule has 29 heavy (non-hydrogen) atoms. The molecule has 1 aliphatic rings. The predicted octanol–water partition coefficient (Wildman–Crippen LogP) is 2.18. The second kappa shape index (κ2) is 8.25. The smallest absolute Gasteiger partial charge is 0.242 e. The fraction of sp³-hybridized carbons (Fsp3) is 0.300. The predicted molar refractivity (Wildman–Crippen MR) is 114 cm³/mol. The lowest BCUT2D eigenvalue weighted by atomic mass is 10.0. The summed E-state index contributed by atoms with van der Waals surface area (Å²) >= 11 is 3.43. The van der Waals surface area contributed by atoms with Crippen molar-refractivity contribution in [2.45, 2.75) is 12.6 Å². The molecule has 1 saturated heterocycles. The Hall–Kier alpha value is -2.23. The number of benzene rings is 1. The van der Waals surface area contributed by atoms with E-state index in [2.05, 4.69) is 26.2 Å². The van der Waals surface area contributed by atoms with Crippen molar-refractivity contribution < 1.29 is 13.2 Å². The minimum atomic E-state index is -3.02. The van der Waals surface area contributed by atoms with Gasteiger partial charge in [0.05, 0.1) is 23.7 Å². The van der Waals surface area contributed by atoms with Gasteiger partial charge in [-0.05, 0) is 33.6 Å². The van der Waals surface area contributed by atoms with Crippen LogP contribution in [0.1, 0.15) is 17.3 Å². The number of nitrogens with one attached hydrogen (secondary N) is 1. The van der Waals surface area contributed by atoms with E-state index in [0.717, 1.165) is 21.4 Å². The van der Waals surface area contributed by atoms with E-state index >= 15 is 0 Å². The summed E-state index contributed by atoms with van der Waals surface area (Å²) in [6.07, 6.45) is 3.79. The number of aromatic nitrogens is 2. The molecule has 1 aromatic carbocycles. The number of carbonyl (C=O) groups is 1. The third kappa shape index (κ3) is 4.68. The molecule has 1 fully saturated rings. The first-order valence-corrected chi connectivity index (χ1v) is 11.9. The van der Waals surface area contributed by atoms with Crippen LogP contribution in [0.4, 0.5) is 0 Å². The molecule has 0 spiro atoms. The minimum Gasteiger partial charge on any atom is -0.349 e. The van der Waals surface area contributed by atoms with Gasteiger partial charge in [-0.15, -0.1) is 0 Å². The number of carbonyl (C=O) groups excluding carboxylic acids is 1. The lowest BCUT2D eigenvalue weighted by molar-refractivity contribution is -0.126. The first-order valence-electron chi connectivity index (χ1n) is 9.31. The maximum Gasteiger partial charge on any atom is 0.242 e. The Bertz CT molecular complexity index is 1120. The van der Waals surface area contributed by atoms with Crippen LogP contribution in [-0.2, 0) is 21.2 Å². The van der Waals surface area contributed by atoms with Gasteiger partial charge in [0.2, 0.25) is 5.91 Å². The molecule has 3 aromatic rings. The van der Waals surface area contributed by atoms with Gasteiger partial charge in [0, 0.05) is 30.0 Å². The van der Waals surface area contributed by atoms with Crippen molar-refractivity contribution in [2.24, 2.45) is 0 Å². The van der Waals surface area contributed by atoms with Crippen molar-refractivity contribution in [2.75, 3.05) is 24.6 Å². The molecule has 0 radical (unpaired) electrons. The molecular formula is C20H21BrN4O3S. The molecule has 1 amide bonds. The normalized spacial score (nSPS) is 17.8. The van der Waals surface area contributed by atoms with Gasteiger partial charge in [-0.25, -0.2) is 13.4 Å². The number of fused-ring (bicyclic) bond motifs is 1. The standard InChI is InChI=1S/C20H21BrN4O3S/c21-16-6-7-18-23-17(14-25(18)13-16)12-22-20(26)19(15-4-2-1-3-5-15)24-8-10-29(27,28)11-9-24/h1-7,13-14,19H,8-12H2,(H,22,26). The number of pyridine rings is 1. The van der Waals surface area contributed by atoms with Crippen molar-refractivity contribution in [3.8, 4) is 0 Å². The summed E-state index contributed by atoms with van der Waals surface area (Å²) in [5, 5.41) is 2.97. The molecule has 1 N–H and O–H groups in total. The number of nitrogens with zero attached hydrogens (tertiary/aromatic N) is 3. The number of amides is 1. The number of sulfone groups is 1. The average molecular weight is 477 g/mol. The zero-order valence-electron chi connectivity index (χ0n) is 15.7. The highest BCUT2D eigenvalue weighted by atomic mass is 79.9. The minimum absolute atomic E-state index is 0.0743. The molecule has 1 atom stereocenters. The van der Waals surface area contributed by atoms with Crippen LogP contribution in [0, 0.1) is 0 Å². The van der Waals surface area contributed by atoms with E-state index in [1.165, 1.54) is 0 Å². The molecule has 0 saturated carbocycles. The van der Waals surface area contributed by atoms with E-state index in [1.807, 2.05) is 64.2 Å². The summed E-state index contributed by atoms with van der Waals surface area (Å²) in [5.74, 6) is -0.00991. The van der Waals surface area contributed by atoms with Crippen molar-refractivity contribution in [1.82, 2.24) is 19.6 Å². The van der Waals surface area contributed by atoms with Crippen LogP contribution in [0.15, 0.2) is 59.3 Å². The second-order valence-corrected chi connectivity index (χ2v) is 10.3. The Balaban J connectivity index is 1.51. The molecule has 0 aliphatic carbocycles. The highest BCUT2D eigenvalue weighted by molar-refractivity contribution is 9.10. The van der Waals surface area contributed by atoms with Crippen LogP contribution < -0.4 is 5.32 Å². The Morgan fingerprint density at radius 2 is 1.83 bits per heavy atom. The average Bonchev–Trinajstić information content (AvgIpc) is 3.11. The zero-order chi connectivity index (χ0) is 20.4. The second-order valence-electron chi connectivity index (χ2n) is 7.06. The van der Waals surface area contributed by atoms with E-state index in [9.17, 15) is 13.2 Å². The summed E-state index contributed by atoms with van der Waals surface area (Å²) < 4.78 is 26.5. The van der Waals surface area contributed by atoms with Gasteiger partial charge in [0.15, 0.2) is 9.84 Å². The van der Waals surface area contributed by atoms with Gasteiger partial charge in [0.25, 0.3) is 0 Å². The summed E-state index contributed by atoms with van der Waals surface area (Å²) in [4.78, 5) is 19.6. The highest BCUT2D eigenvalue weighted by Crippen LogP contribution is 2.23. The molecular weight excluding hydrogens is 456 g/mol. The maximum absolute atomic E-state index is 13.1. The maximum atomic E-state index is 13.1. The Morgan fingerprint density at radius 3 is 2.55 bits per heavy atom. The van der Waals surface area contributed by atoms with Crippen LogP contribution in [0.25, 0.3) is 5.65 Å². The zero-order valence-corrected chi connectivity index (χ0v) is 18.1. The molecule has 152 valence electrons. The summed E-state index contributed by atoms with van der Waals surface area (Å²) in [5.41, 5.74) is 2.41. The molecule has 2 aromatic heterocycles. The van der Waals surface area contributed by atoms with Crippen molar-refractivity contribution in [3.63, 3.8) is 0 Å². The van der Waals surface area contributed by atoms with Crippen LogP contribution in [-0.4, -0.2) is 53.2 Å². The number of halogens is 1. The van der Waals surface area contributed by atoms with Gasteiger partial charge in [-0.1, -0.05) is 30.3 Å². The SMILES string of the molecule is O=C(NCc1cn2cc(Br)ccc2n1)C(c1ccccc1)N1CCS(=O)(=O)CC1. The number of hydrogen-bond donors (Lipinski definition) is 1. The van der Waals surface area contributed by atoms with Crippen molar-refractivity contribution in [1.29, 1.82) is 0 Å². The first kappa shape index (κ1) is 20.1. The van der Waals surface area contributed by atoms with E-state index in [4.69, 9.17) is 0 Å². The van der Waals surface area contributed by atoms with Gasteiger partial charge in [-0.3, -0.25) is 9.69 Å². The third-order valence-corrected chi connectivity index (χ3v) is 7.09. The van der Waals surface area contributed by atoms with Crippen LogP contribution >= 0.6 is 15.9 Å². The van der Waals surface area contributed by atoms with Crippen LogP contribution in [0.5, 0.6) is 0 Å². The monoisotopic (exact) mass is 476 g/mol. The lowest BCUT2D eigenvalue weighted by Crippen LogP contribution is -2.47. The van der Waals surface area contributed by atoms with E-state index in [0.29, 0.717) is 19.6 Å². The van der Waals surface area contributed by atoms with E-state index < -0.39 is 15.9 Å². The fourth-order valence-electron chi connectivity index (χ4n) is 3.52. The summed E-state index contributed by atoms with van der Waals surface area (Å²) in [6, 6.07) is 12.8. The molecule has 3 heterocycles. The molecule has 1 unspecified atom stereocenters. The summed E-state index contributed by atoms with van der Waals surface area (Å²) in [6.45, 7) is 0.989. The van der Waals surface area contributed by atoms with E-state index in [1.54, 1.807) is 0 Å². The first-order chi connectivity index (χ1) is 13.9. The molecule has 1 aliphatic heterocycles. The Labute approximate surface area is 177 Å². The third-order valence-electron chi connectivity index (χ3n) is 5.02. The van der Waals surface area contributed by atoms with Gasteiger partial charge in [0.1, 0.15) is 11.7 Å². The number of imidazole rings is 1. The molecule has 0 bridgehead atoms. The fourth-order valence-corrected chi connectivity index (χ4v) is 5.11. The van der Waals surface area contributed by atoms with Crippen molar-refractivity contribution in [3.05, 3.63) is 70.6 Å². The molecule has 4 rings (SSSR count). The highest BCUT2D eigenvalue weighted by Gasteiger charge is 2.32. The quantitative estimate of drug-likeness (QED) is 0.609. The Kier molecular flexibility index (Phi) is 5.71. The summed E-state index contributed by atoms with van der Waals surface area (Å²) in [7, 11) is -3.02. The number of rotatable bonds is 5. The van der Waals surface area contributed by atoms with Crippen LogP contribution in [0.3, 0.4) is 0 Å². The topological polar surface area (TPSA) is 83.8 Å². The van der Waals surface area contributed by atoms with Crippen LogP contribution in [0.2, 0.25) is 0 Å². The number of hydrogen-bond acceptors (Lipinski definition) is 5. The lowest BCUT2D eigenvalue weighted by Gasteiger charge is -2.33. The van der Waals surface area contributed by atoms with Crippen molar-refractivity contribution >= 4 is 37.3 Å². The Morgan fingerprint density at radius 1 is 1.10 bits per heavy atom.